The lowest BCUT2D eigenvalue weighted by Gasteiger charge is -2.14. The van der Waals surface area contributed by atoms with E-state index in [4.69, 9.17) is 4.74 Å². The topological polar surface area (TPSA) is 64.4 Å². The normalized spacial score (nSPS) is 11.5. The molecular weight excluding hydrogens is 268 g/mol. The van der Waals surface area contributed by atoms with Gasteiger partial charge in [0.15, 0.2) is 5.69 Å². The number of carboxylic acid groups (broad SMARTS) is 1. The SMILES string of the molecule is COc1ccc(-n2nc(C(C)(C)C)cc2C(=O)O)c(C)c1. The van der Waals surface area contributed by atoms with Gasteiger partial charge in [-0.15, -0.1) is 0 Å². The highest BCUT2D eigenvalue weighted by Gasteiger charge is 2.23. The average molecular weight is 288 g/mol. The number of rotatable bonds is 3. The summed E-state index contributed by atoms with van der Waals surface area (Å²) < 4.78 is 6.66. The lowest BCUT2D eigenvalue weighted by Crippen LogP contribution is -2.13. The third-order valence-electron chi connectivity index (χ3n) is 3.33. The van der Waals surface area contributed by atoms with Gasteiger partial charge in [-0.05, 0) is 36.8 Å². The van der Waals surface area contributed by atoms with E-state index in [2.05, 4.69) is 5.10 Å². The number of aromatic carboxylic acids is 1. The first kappa shape index (κ1) is 15.1. The minimum atomic E-state index is -0.992. The van der Waals surface area contributed by atoms with Gasteiger partial charge < -0.3 is 9.84 Å². The fraction of sp³-hybridized carbons (Fsp3) is 0.375. The van der Waals surface area contributed by atoms with Gasteiger partial charge in [-0.2, -0.15) is 5.10 Å². The molecule has 0 aliphatic rings. The number of benzene rings is 1. The van der Waals surface area contributed by atoms with Crippen LogP contribution in [-0.2, 0) is 5.41 Å². The van der Waals surface area contributed by atoms with Crippen LogP contribution in [0.25, 0.3) is 5.69 Å². The lowest BCUT2D eigenvalue weighted by molar-refractivity contribution is 0.0687. The molecule has 1 heterocycles. The van der Waals surface area contributed by atoms with Gasteiger partial charge in [0.25, 0.3) is 0 Å². The number of aryl methyl sites for hydroxylation is 1. The number of carboxylic acids is 1. The van der Waals surface area contributed by atoms with Crippen LogP contribution in [0.3, 0.4) is 0 Å². The number of hydrogen-bond acceptors (Lipinski definition) is 3. The molecule has 112 valence electrons. The van der Waals surface area contributed by atoms with E-state index in [9.17, 15) is 9.90 Å². The Kier molecular flexibility index (Phi) is 3.77. The zero-order chi connectivity index (χ0) is 15.8. The summed E-state index contributed by atoms with van der Waals surface area (Å²) in [6, 6.07) is 7.11. The molecule has 1 N–H and O–H groups in total. The van der Waals surface area contributed by atoms with Crippen LogP contribution in [0.1, 0.15) is 42.5 Å². The molecule has 2 aromatic rings. The Balaban J connectivity index is 2.62. The highest BCUT2D eigenvalue weighted by Crippen LogP contribution is 2.26. The summed E-state index contributed by atoms with van der Waals surface area (Å²) in [5, 5.41) is 13.9. The Morgan fingerprint density at radius 3 is 2.43 bits per heavy atom. The van der Waals surface area contributed by atoms with E-state index in [0.717, 1.165) is 22.7 Å². The first-order valence-corrected chi connectivity index (χ1v) is 6.73. The number of nitrogens with zero attached hydrogens (tertiary/aromatic N) is 2. The molecule has 0 fully saturated rings. The highest BCUT2D eigenvalue weighted by atomic mass is 16.5. The van der Waals surface area contributed by atoms with Crippen LogP contribution in [0.2, 0.25) is 0 Å². The minimum absolute atomic E-state index is 0.160. The summed E-state index contributed by atoms with van der Waals surface area (Å²) >= 11 is 0. The number of ether oxygens (including phenoxy) is 1. The highest BCUT2D eigenvalue weighted by molar-refractivity contribution is 5.86. The second-order valence-electron chi connectivity index (χ2n) is 6.03. The third-order valence-corrected chi connectivity index (χ3v) is 3.33. The molecule has 21 heavy (non-hydrogen) atoms. The molecule has 0 atom stereocenters. The van der Waals surface area contributed by atoms with Crippen molar-refractivity contribution in [3.8, 4) is 11.4 Å². The van der Waals surface area contributed by atoms with Crippen LogP contribution in [0.5, 0.6) is 5.75 Å². The van der Waals surface area contributed by atoms with E-state index >= 15 is 0 Å². The second kappa shape index (κ2) is 5.24. The molecule has 5 heteroatoms. The first-order chi connectivity index (χ1) is 9.74. The second-order valence-corrected chi connectivity index (χ2v) is 6.03. The van der Waals surface area contributed by atoms with Crippen molar-refractivity contribution in [2.24, 2.45) is 0 Å². The maximum atomic E-state index is 11.5. The molecule has 0 saturated carbocycles. The van der Waals surface area contributed by atoms with Gasteiger partial charge in [-0.1, -0.05) is 20.8 Å². The Bertz CT molecular complexity index is 681. The smallest absolute Gasteiger partial charge is 0.354 e. The van der Waals surface area contributed by atoms with Crippen LogP contribution in [0.15, 0.2) is 24.3 Å². The van der Waals surface area contributed by atoms with E-state index in [0.29, 0.717) is 0 Å². The predicted octanol–water partition coefficient (Wildman–Crippen LogP) is 3.19. The number of carbonyl (C=O) groups is 1. The molecule has 0 unspecified atom stereocenters. The molecule has 0 bridgehead atoms. The van der Waals surface area contributed by atoms with E-state index < -0.39 is 5.97 Å². The number of aromatic nitrogens is 2. The predicted molar refractivity (Wildman–Crippen MR) is 80.5 cm³/mol. The van der Waals surface area contributed by atoms with Gasteiger partial charge in [0.2, 0.25) is 0 Å². The summed E-state index contributed by atoms with van der Waals surface area (Å²) in [5.74, 6) is -0.260. The van der Waals surface area contributed by atoms with E-state index in [1.807, 2.05) is 39.8 Å². The van der Waals surface area contributed by atoms with Crippen molar-refractivity contribution in [2.45, 2.75) is 33.1 Å². The van der Waals surface area contributed by atoms with Crippen LogP contribution in [0, 0.1) is 6.92 Å². The van der Waals surface area contributed by atoms with Crippen molar-refractivity contribution in [2.75, 3.05) is 7.11 Å². The molecule has 1 aromatic heterocycles. The molecule has 0 saturated heterocycles. The van der Waals surface area contributed by atoms with Crippen molar-refractivity contribution in [3.05, 3.63) is 41.2 Å². The molecule has 0 amide bonds. The van der Waals surface area contributed by atoms with Crippen LogP contribution < -0.4 is 4.74 Å². The Morgan fingerprint density at radius 1 is 1.29 bits per heavy atom. The quantitative estimate of drug-likeness (QED) is 0.942. The van der Waals surface area contributed by atoms with E-state index in [1.165, 1.54) is 4.68 Å². The third kappa shape index (κ3) is 2.91. The summed E-state index contributed by atoms with van der Waals surface area (Å²) in [4.78, 5) is 11.5. The van der Waals surface area contributed by atoms with Gasteiger partial charge in [0.1, 0.15) is 5.75 Å². The van der Waals surface area contributed by atoms with E-state index in [-0.39, 0.29) is 11.1 Å². The molecule has 2 rings (SSSR count). The monoisotopic (exact) mass is 288 g/mol. The zero-order valence-electron chi connectivity index (χ0n) is 13.0. The lowest BCUT2D eigenvalue weighted by atomic mass is 9.92. The Labute approximate surface area is 124 Å². The standard InChI is InChI=1S/C16H20N2O3/c1-10-8-11(21-5)6-7-12(10)18-13(15(19)20)9-14(17-18)16(2,3)4/h6-9H,1-5H3,(H,19,20). The number of hydrogen-bond donors (Lipinski definition) is 1. The Hall–Kier alpha value is -2.30. The molecule has 0 radical (unpaired) electrons. The fourth-order valence-electron chi connectivity index (χ4n) is 2.08. The molecule has 0 aliphatic carbocycles. The van der Waals surface area contributed by atoms with Crippen molar-refractivity contribution in [1.29, 1.82) is 0 Å². The van der Waals surface area contributed by atoms with Crippen LogP contribution in [0.4, 0.5) is 0 Å². The van der Waals surface area contributed by atoms with Crippen LogP contribution >= 0.6 is 0 Å². The zero-order valence-corrected chi connectivity index (χ0v) is 13.0. The molecular formula is C16H20N2O3. The average Bonchev–Trinajstić information content (AvgIpc) is 2.83. The minimum Gasteiger partial charge on any atom is -0.497 e. The molecule has 5 nitrogen and oxygen atoms in total. The van der Waals surface area contributed by atoms with Gasteiger partial charge in [0, 0.05) is 5.41 Å². The van der Waals surface area contributed by atoms with E-state index in [1.54, 1.807) is 19.2 Å². The number of methoxy groups -OCH3 is 1. The first-order valence-electron chi connectivity index (χ1n) is 6.73. The molecule has 0 aliphatic heterocycles. The fourth-order valence-corrected chi connectivity index (χ4v) is 2.08. The van der Waals surface area contributed by atoms with Crippen LogP contribution in [-0.4, -0.2) is 28.0 Å². The van der Waals surface area contributed by atoms with Crippen molar-refractivity contribution < 1.29 is 14.6 Å². The van der Waals surface area contributed by atoms with Gasteiger partial charge in [-0.3, -0.25) is 0 Å². The summed E-state index contributed by atoms with van der Waals surface area (Å²) in [6.07, 6.45) is 0. The molecule has 0 spiro atoms. The van der Waals surface area contributed by atoms with Gasteiger partial charge in [0.05, 0.1) is 18.5 Å². The van der Waals surface area contributed by atoms with Gasteiger partial charge in [-0.25, -0.2) is 9.48 Å². The maximum absolute atomic E-state index is 11.5. The summed E-state index contributed by atoms with van der Waals surface area (Å²) in [5.41, 5.74) is 2.34. The summed E-state index contributed by atoms with van der Waals surface area (Å²) in [6.45, 7) is 7.92. The van der Waals surface area contributed by atoms with Crippen molar-refractivity contribution in [3.63, 3.8) is 0 Å². The largest absolute Gasteiger partial charge is 0.497 e. The Morgan fingerprint density at radius 2 is 1.95 bits per heavy atom. The van der Waals surface area contributed by atoms with Crippen molar-refractivity contribution in [1.82, 2.24) is 9.78 Å². The van der Waals surface area contributed by atoms with Crippen molar-refractivity contribution >= 4 is 5.97 Å². The molecule has 1 aromatic carbocycles. The maximum Gasteiger partial charge on any atom is 0.354 e. The summed E-state index contributed by atoms with van der Waals surface area (Å²) in [7, 11) is 1.60. The van der Waals surface area contributed by atoms with Gasteiger partial charge >= 0.3 is 5.97 Å².